The fraction of sp³-hybridized carbons (Fsp3) is 0.222. The maximum absolute atomic E-state index is 12.2. The van der Waals surface area contributed by atoms with Crippen LogP contribution in [0, 0.1) is 10.1 Å². The highest BCUT2D eigenvalue weighted by atomic mass is 35.5. The Labute approximate surface area is 164 Å². The molecule has 0 aliphatic heterocycles. The summed E-state index contributed by atoms with van der Waals surface area (Å²) in [6.45, 7) is 1.51. The molecular formula is C18H14Cl2N2O5. The number of rotatable bonds is 5. The monoisotopic (exact) mass is 408 g/mol. The van der Waals surface area contributed by atoms with Gasteiger partial charge in [0.25, 0.3) is 11.6 Å². The normalized spacial score (nSPS) is 15.4. The fourth-order valence-corrected chi connectivity index (χ4v) is 3.51. The minimum Gasteiger partial charge on any atom is -0.483 e. The first-order valence-corrected chi connectivity index (χ1v) is 8.75. The van der Waals surface area contributed by atoms with Gasteiger partial charge in [0.15, 0.2) is 12.4 Å². The van der Waals surface area contributed by atoms with Crippen LogP contribution in [-0.4, -0.2) is 23.2 Å². The number of non-ortho nitro benzene ring substituents is 1. The van der Waals surface area contributed by atoms with Gasteiger partial charge >= 0.3 is 0 Å². The number of nitro benzene ring substituents is 1. The van der Waals surface area contributed by atoms with Gasteiger partial charge in [-0.2, -0.15) is 0 Å². The van der Waals surface area contributed by atoms with Gasteiger partial charge in [0.1, 0.15) is 5.75 Å². The largest absolute Gasteiger partial charge is 0.483 e. The van der Waals surface area contributed by atoms with Crippen molar-refractivity contribution < 1.29 is 19.2 Å². The molecule has 0 saturated heterocycles. The molecule has 0 radical (unpaired) electrons. The van der Waals surface area contributed by atoms with Crippen molar-refractivity contribution in [3.8, 4) is 5.75 Å². The van der Waals surface area contributed by atoms with Gasteiger partial charge in [-0.15, -0.1) is 0 Å². The van der Waals surface area contributed by atoms with Crippen molar-refractivity contribution in [3.05, 3.63) is 61.6 Å². The average Bonchev–Trinajstić information content (AvgIpc) is 2.91. The first kappa shape index (κ1) is 19.1. The molecule has 27 heavy (non-hydrogen) atoms. The van der Waals surface area contributed by atoms with Crippen molar-refractivity contribution in [3.63, 3.8) is 0 Å². The van der Waals surface area contributed by atoms with Crippen molar-refractivity contribution >= 4 is 46.3 Å². The number of anilines is 1. The number of amides is 1. The van der Waals surface area contributed by atoms with Crippen LogP contribution < -0.4 is 10.1 Å². The molecule has 0 bridgehead atoms. The van der Waals surface area contributed by atoms with E-state index < -0.39 is 17.4 Å². The Morgan fingerprint density at radius 2 is 2.00 bits per heavy atom. The number of carbonyl (C=O) groups excluding carboxylic acids is 2. The number of ketones is 1. The third-order valence-corrected chi connectivity index (χ3v) is 4.87. The maximum atomic E-state index is 12.2. The number of ether oxygens (including phenoxy) is 1. The van der Waals surface area contributed by atoms with E-state index in [9.17, 15) is 19.7 Å². The molecule has 1 aliphatic carbocycles. The lowest BCUT2D eigenvalue weighted by atomic mass is 10.0. The summed E-state index contributed by atoms with van der Waals surface area (Å²) < 4.78 is 5.51. The summed E-state index contributed by atoms with van der Waals surface area (Å²) in [5.74, 6) is -0.387. The summed E-state index contributed by atoms with van der Waals surface area (Å²) in [5, 5.41) is 13.9. The number of fused-ring (bicyclic) bond motifs is 1. The van der Waals surface area contributed by atoms with E-state index in [1.54, 1.807) is 12.1 Å². The van der Waals surface area contributed by atoms with Crippen LogP contribution in [-0.2, 0) is 4.79 Å². The van der Waals surface area contributed by atoms with Crippen LogP contribution in [0.4, 0.5) is 11.4 Å². The van der Waals surface area contributed by atoms with E-state index in [0.717, 1.165) is 11.6 Å². The highest BCUT2D eigenvalue weighted by molar-refractivity contribution is 6.34. The summed E-state index contributed by atoms with van der Waals surface area (Å²) in [4.78, 5) is 34.6. The Kier molecular flexibility index (Phi) is 5.34. The predicted octanol–water partition coefficient (Wildman–Crippen LogP) is 4.61. The Bertz CT molecular complexity index is 961. The summed E-state index contributed by atoms with van der Waals surface area (Å²) in [6.07, 6.45) is 0.338. The second-order valence-corrected chi connectivity index (χ2v) is 6.94. The van der Waals surface area contributed by atoms with Gasteiger partial charge in [0.05, 0.1) is 21.2 Å². The smallest absolute Gasteiger partial charge is 0.271 e. The lowest BCUT2D eigenvalue weighted by molar-refractivity contribution is -0.384. The molecular weight excluding hydrogens is 395 g/mol. The fourth-order valence-electron chi connectivity index (χ4n) is 3.00. The van der Waals surface area contributed by atoms with Crippen LogP contribution >= 0.6 is 23.2 Å². The second-order valence-electron chi connectivity index (χ2n) is 6.12. The van der Waals surface area contributed by atoms with E-state index in [2.05, 4.69) is 5.32 Å². The minimum atomic E-state index is -0.591. The highest BCUT2D eigenvalue weighted by Crippen LogP contribution is 2.42. The first-order chi connectivity index (χ1) is 12.8. The summed E-state index contributed by atoms with van der Waals surface area (Å²) in [5.41, 5.74) is 1.02. The number of hydrogen-bond donors (Lipinski definition) is 1. The van der Waals surface area contributed by atoms with E-state index in [4.69, 9.17) is 27.9 Å². The first-order valence-electron chi connectivity index (χ1n) is 8.00. The lowest BCUT2D eigenvalue weighted by Gasteiger charge is -2.13. The Morgan fingerprint density at radius 1 is 1.30 bits per heavy atom. The third kappa shape index (κ3) is 3.89. The van der Waals surface area contributed by atoms with Gasteiger partial charge in [0, 0.05) is 23.6 Å². The van der Waals surface area contributed by atoms with E-state index in [0.29, 0.717) is 17.0 Å². The number of hydrogen-bond acceptors (Lipinski definition) is 5. The SMILES string of the molecule is C[C@@H]1CC(=O)c2c(OCC(=O)Nc3cc([N+](=O)[O-])ccc3Cl)ccc(Cl)c21. The standard InChI is InChI=1S/C18H14Cl2N2O5/c1-9-6-14(23)18-15(5-4-12(20)17(9)18)27-8-16(24)21-13-7-10(22(25)26)2-3-11(13)19/h2-5,7,9H,6,8H2,1H3,(H,21,24)/t9-/m1/s1. The molecule has 0 saturated carbocycles. The van der Waals surface area contributed by atoms with E-state index in [1.807, 2.05) is 6.92 Å². The molecule has 2 aromatic rings. The second kappa shape index (κ2) is 7.54. The van der Waals surface area contributed by atoms with E-state index in [1.165, 1.54) is 12.1 Å². The number of nitrogens with zero attached hydrogens (tertiary/aromatic N) is 1. The maximum Gasteiger partial charge on any atom is 0.271 e. The molecule has 7 nitrogen and oxygen atoms in total. The molecule has 1 aliphatic rings. The number of carbonyl (C=O) groups is 2. The molecule has 0 unspecified atom stereocenters. The van der Waals surface area contributed by atoms with Crippen molar-refractivity contribution in [1.82, 2.24) is 0 Å². The Hall–Kier alpha value is -2.64. The van der Waals surface area contributed by atoms with Crippen molar-refractivity contribution in [2.24, 2.45) is 0 Å². The van der Waals surface area contributed by atoms with Crippen LogP contribution in [0.5, 0.6) is 5.75 Å². The van der Waals surface area contributed by atoms with E-state index >= 15 is 0 Å². The molecule has 2 aromatic carbocycles. The van der Waals surface area contributed by atoms with Gasteiger partial charge in [-0.1, -0.05) is 30.1 Å². The predicted molar refractivity (Wildman–Crippen MR) is 101 cm³/mol. The van der Waals surface area contributed by atoms with Crippen LogP contribution in [0.2, 0.25) is 10.0 Å². The average molecular weight is 409 g/mol. The number of benzene rings is 2. The highest BCUT2D eigenvalue weighted by Gasteiger charge is 2.32. The zero-order valence-corrected chi connectivity index (χ0v) is 15.6. The number of nitrogens with one attached hydrogen (secondary N) is 1. The van der Waals surface area contributed by atoms with Gasteiger partial charge in [-0.25, -0.2) is 0 Å². The molecule has 140 valence electrons. The van der Waals surface area contributed by atoms with Crippen molar-refractivity contribution in [2.45, 2.75) is 19.3 Å². The summed E-state index contributed by atoms with van der Waals surface area (Å²) >= 11 is 12.1. The van der Waals surface area contributed by atoms with Crippen molar-refractivity contribution in [1.29, 1.82) is 0 Å². The van der Waals surface area contributed by atoms with Crippen LogP contribution in [0.3, 0.4) is 0 Å². The third-order valence-electron chi connectivity index (χ3n) is 4.21. The van der Waals surface area contributed by atoms with Gasteiger partial charge in [-0.05, 0) is 29.7 Å². The summed E-state index contributed by atoms with van der Waals surface area (Å²) in [7, 11) is 0. The van der Waals surface area contributed by atoms with Gasteiger partial charge < -0.3 is 10.1 Å². The van der Waals surface area contributed by atoms with Gasteiger partial charge in [0.2, 0.25) is 0 Å². The van der Waals surface area contributed by atoms with Gasteiger partial charge in [-0.3, -0.25) is 19.7 Å². The van der Waals surface area contributed by atoms with E-state index in [-0.39, 0.29) is 33.8 Å². The van der Waals surface area contributed by atoms with Crippen LogP contribution in [0.25, 0.3) is 0 Å². The Balaban J connectivity index is 1.74. The van der Waals surface area contributed by atoms with Crippen molar-refractivity contribution in [2.75, 3.05) is 11.9 Å². The topological polar surface area (TPSA) is 98.5 Å². The molecule has 9 heteroatoms. The molecule has 1 atom stereocenters. The number of Topliss-reactive ketones (excluding diaryl/α,β-unsaturated/α-hetero) is 1. The van der Waals surface area contributed by atoms with Crippen LogP contribution in [0.1, 0.15) is 35.2 Å². The number of nitro groups is 1. The zero-order valence-electron chi connectivity index (χ0n) is 14.1. The molecule has 1 N–H and O–H groups in total. The molecule has 3 rings (SSSR count). The molecule has 0 fully saturated rings. The molecule has 0 heterocycles. The molecule has 0 spiro atoms. The number of halogens is 2. The lowest BCUT2D eigenvalue weighted by Crippen LogP contribution is -2.21. The summed E-state index contributed by atoms with van der Waals surface area (Å²) in [6, 6.07) is 6.89. The molecule has 0 aromatic heterocycles. The quantitative estimate of drug-likeness (QED) is 0.575. The van der Waals surface area contributed by atoms with Crippen LogP contribution in [0.15, 0.2) is 30.3 Å². The minimum absolute atomic E-state index is 0.0129. The zero-order chi connectivity index (χ0) is 19.7. The molecule has 1 amide bonds. The Morgan fingerprint density at radius 3 is 2.70 bits per heavy atom.